The SMILES string of the molecule is CSCOC12CC3CC(OCCS)(C1)CC(OCSC)(C3)C2. The van der Waals surface area contributed by atoms with Gasteiger partial charge in [-0.1, -0.05) is 0 Å². The third-order valence-electron chi connectivity index (χ3n) is 5.38. The molecule has 3 nitrogen and oxygen atoms in total. The molecule has 6 heteroatoms. The molecule has 0 saturated heterocycles. The van der Waals surface area contributed by atoms with Crippen LogP contribution in [0.15, 0.2) is 0 Å². The van der Waals surface area contributed by atoms with Gasteiger partial charge in [-0.15, -0.1) is 23.5 Å². The van der Waals surface area contributed by atoms with E-state index < -0.39 is 0 Å². The predicted molar refractivity (Wildman–Crippen MR) is 98.1 cm³/mol. The Morgan fingerprint density at radius 1 is 0.864 bits per heavy atom. The molecule has 4 aliphatic rings. The van der Waals surface area contributed by atoms with Crippen LogP contribution in [0.2, 0.25) is 0 Å². The van der Waals surface area contributed by atoms with Gasteiger partial charge in [0, 0.05) is 25.0 Å². The quantitative estimate of drug-likeness (QED) is 0.496. The minimum Gasteiger partial charge on any atom is -0.374 e. The van der Waals surface area contributed by atoms with Crippen LogP contribution >= 0.6 is 36.2 Å². The zero-order valence-corrected chi connectivity index (χ0v) is 16.2. The summed E-state index contributed by atoms with van der Waals surface area (Å²) in [6, 6.07) is 0. The van der Waals surface area contributed by atoms with Gasteiger partial charge >= 0.3 is 0 Å². The first-order valence-corrected chi connectivity index (χ1v) is 11.5. The van der Waals surface area contributed by atoms with E-state index >= 15 is 0 Å². The molecule has 0 radical (unpaired) electrons. The van der Waals surface area contributed by atoms with Gasteiger partial charge in [0.2, 0.25) is 0 Å². The molecule has 4 bridgehead atoms. The van der Waals surface area contributed by atoms with Crippen molar-refractivity contribution in [1.82, 2.24) is 0 Å². The summed E-state index contributed by atoms with van der Waals surface area (Å²) in [5, 5.41) is 0. The Labute approximate surface area is 148 Å². The molecular weight excluding hydrogens is 336 g/mol. The monoisotopic (exact) mass is 364 g/mol. The summed E-state index contributed by atoms with van der Waals surface area (Å²) in [5.41, 5.74) is -0.103. The van der Waals surface area contributed by atoms with Crippen molar-refractivity contribution in [1.29, 1.82) is 0 Å². The van der Waals surface area contributed by atoms with E-state index in [1.807, 2.05) is 0 Å². The minimum absolute atomic E-state index is 0.0303. The maximum absolute atomic E-state index is 6.38. The van der Waals surface area contributed by atoms with Crippen molar-refractivity contribution in [3.8, 4) is 0 Å². The first kappa shape index (κ1) is 17.7. The standard InChI is InChI=1S/C16H28O3S3/c1-21-11-18-15-6-13-5-14(8-15,17-3-4-20)9-16(7-13,10-15)19-12-22-2/h13,20H,3-12H2,1-2H3. The summed E-state index contributed by atoms with van der Waals surface area (Å²) in [6.45, 7) is 0.729. The third-order valence-corrected chi connectivity index (χ3v) is 6.27. The topological polar surface area (TPSA) is 27.7 Å². The van der Waals surface area contributed by atoms with Crippen molar-refractivity contribution in [2.45, 2.75) is 55.3 Å². The molecule has 4 rings (SSSR count). The van der Waals surface area contributed by atoms with Crippen LogP contribution in [0.4, 0.5) is 0 Å². The first-order chi connectivity index (χ1) is 10.6. The second kappa shape index (κ2) is 7.04. The lowest BCUT2D eigenvalue weighted by Crippen LogP contribution is -2.68. The fraction of sp³-hybridized carbons (Fsp3) is 1.00. The van der Waals surface area contributed by atoms with Crippen LogP contribution < -0.4 is 0 Å². The molecule has 0 aromatic carbocycles. The molecular formula is C16H28O3S3. The normalized spacial score (nSPS) is 43.0. The first-order valence-electron chi connectivity index (χ1n) is 8.10. The number of thioether (sulfide) groups is 2. The summed E-state index contributed by atoms with van der Waals surface area (Å²) < 4.78 is 19.1. The van der Waals surface area contributed by atoms with Crippen LogP contribution in [0.3, 0.4) is 0 Å². The molecule has 0 N–H and O–H groups in total. The van der Waals surface area contributed by atoms with Crippen LogP contribution in [-0.4, -0.2) is 53.6 Å². The highest BCUT2D eigenvalue weighted by Crippen LogP contribution is 2.63. The summed E-state index contributed by atoms with van der Waals surface area (Å²) in [5.74, 6) is 3.01. The Balaban J connectivity index is 1.82. The Morgan fingerprint density at radius 3 is 1.73 bits per heavy atom. The van der Waals surface area contributed by atoms with Gasteiger partial charge in [0.1, 0.15) is 0 Å². The zero-order valence-electron chi connectivity index (χ0n) is 13.6. The van der Waals surface area contributed by atoms with E-state index in [4.69, 9.17) is 14.2 Å². The summed E-state index contributed by atoms with van der Waals surface area (Å²) >= 11 is 7.86. The van der Waals surface area contributed by atoms with Gasteiger partial charge in [-0.3, -0.25) is 0 Å². The molecule has 0 aromatic rings. The van der Waals surface area contributed by atoms with Crippen LogP contribution in [0.25, 0.3) is 0 Å². The van der Waals surface area contributed by atoms with E-state index in [2.05, 4.69) is 25.1 Å². The smallest absolute Gasteiger partial charge is 0.0925 e. The number of hydrogen-bond acceptors (Lipinski definition) is 6. The van der Waals surface area contributed by atoms with Crippen LogP contribution in [0.5, 0.6) is 0 Å². The van der Waals surface area contributed by atoms with Crippen molar-refractivity contribution in [3.63, 3.8) is 0 Å². The lowest BCUT2D eigenvalue weighted by Gasteiger charge is -2.65. The Kier molecular flexibility index (Phi) is 5.68. The molecule has 4 saturated carbocycles. The van der Waals surface area contributed by atoms with E-state index in [1.54, 1.807) is 23.5 Å². The number of rotatable bonds is 9. The predicted octanol–water partition coefficient (Wildman–Crippen LogP) is 3.82. The highest BCUT2D eigenvalue weighted by molar-refractivity contribution is 7.98. The molecule has 0 heterocycles. The molecule has 0 aliphatic heterocycles. The van der Waals surface area contributed by atoms with E-state index in [0.29, 0.717) is 5.92 Å². The molecule has 0 amide bonds. The molecule has 0 aromatic heterocycles. The van der Waals surface area contributed by atoms with Crippen LogP contribution in [0, 0.1) is 5.92 Å². The second-order valence-electron chi connectivity index (χ2n) is 7.23. The second-order valence-corrected chi connectivity index (χ2v) is 9.30. The van der Waals surface area contributed by atoms with Crippen molar-refractivity contribution in [2.24, 2.45) is 5.92 Å². The molecule has 4 aliphatic carbocycles. The molecule has 0 spiro atoms. The average molecular weight is 365 g/mol. The lowest BCUT2D eigenvalue weighted by atomic mass is 9.50. The van der Waals surface area contributed by atoms with Crippen LogP contribution in [0.1, 0.15) is 38.5 Å². The van der Waals surface area contributed by atoms with Gasteiger partial charge < -0.3 is 14.2 Å². The molecule has 4 fully saturated rings. The highest BCUT2D eigenvalue weighted by atomic mass is 32.2. The van der Waals surface area contributed by atoms with Crippen LogP contribution in [-0.2, 0) is 14.2 Å². The largest absolute Gasteiger partial charge is 0.374 e. The molecule has 2 atom stereocenters. The van der Waals surface area contributed by atoms with Gasteiger partial charge in [-0.05, 0) is 37.7 Å². The summed E-state index contributed by atoms with van der Waals surface area (Å²) in [7, 11) is 0. The lowest BCUT2D eigenvalue weighted by molar-refractivity contribution is -0.282. The molecule has 2 unspecified atom stereocenters. The highest BCUT2D eigenvalue weighted by Gasteiger charge is 2.65. The third kappa shape index (κ3) is 3.47. The number of thiol groups is 1. The number of hydrogen-bond donors (Lipinski definition) is 1. The van der Waals surface area contributed by atoms with E-state index in [-0.39, 0.29) is 16.8 Å². The van der Waals surface area contributed by atoms with Crippen molar-refractivity contribution >= 4 is 36.2 Å². The van der Waals surface area contributed by atoms with Gasteiger partial charge in [0.15, 0.2) is 0 Å². The van der Waals surface area contributed by atoms with E-state index in [1.165, 1.54) is 19.3 Å². The zero-order chi connectivity index (χ0) is 15.7. The van der Waals surface area contributed by atoms with Gasteiger partial charge in [0.05, 0.1) is 35.3 Å². The minimum atomic E-state index is -0.0427. The summed E-state index contributed by atoms with van der Waals surface area (Å²) in [4.78, 5) is 0. The van der Waals surface area contributed by atoms with Crippen molar-refractivity contribution < 1.29 is 14.2 Å². The Bertz CT molecular complexity index is 328. The Morgan fingerprint density at radius 2 is 1.32 bits per heavy atom. The average Bonchev–Trinajstić information content (AvgIpc) is 2.48. The fourth-order valence-corrected chi connectivity index (χ4v) is 6.12. The van der Waals surface area contributed by atoms with E-state index in [9.17, 15) is 0 Å². The van der Waals surface area contributed by atoms with Gasteiger partial charge in [-0.2, -0.15) is 12.6 Å². The Hall–Kier alpha value is 0.930. The molecule has 128 valence electrons. The molecule has 22 heavy (non-hydrogen) atoms. The van der Waals surface area contributed by atoms with Gasteiger partial charge in [0.25, 0.3) is 0 Å². The van der Waals surface area contributed by atoms with E-state index in [0.717, 1.165) is 43.5 Å². The van der Waals surface area contributed by atoms with Crippen molar-refractivity contribution in [3.05, 3.63) is 0 Å². The van der Waals surface area contributed by atoms with Gasteiger partial charge in [-0.25, -0.2) is 0 Å². The summed E-state index contributed by atoms with van der Waals surface area (Å²) in [6.07, 6.45) is 10.9. The fourth-order valence-electron chi connectivity index (χ4n) is 5.29. The number of ether oxygens (including phenoxy) is 3. The van der Waals surface area contributed by atoms with Crippen molar-refractivity contribution in [2.75, 3.05) is 36.7 Å². The maximum atomic E-state index is 6.38. The maximum Gasteiger partial charge on any atom is 0.0925 e.